The highest BCUT2D eigenvalue weighted by molar-refractivity contribution is 6.23. The number of ether oxygens (including phenoxy) is 1. The summed E-state index contributed by atoms with van der Waals surface area (Å²) in [7, 11) is 0. The number of benzene rings is 3. The number of nitrogens with one attached hydrogen (secondary N) is 1. The number of fused-ring (bicyclic) bond motifs is 1. The van der Waals surface area contributed by atoms with Crippen molar-refractivity contribution in [1.82, 2.24) is 5.32 Å². The normalized spacial score (nSPS) is 28.7. The number of hydrogen-bond donors (Lipinski definition) is 1. The maximum atomic E-state index is 14.4. The van der Waals surface area contributed by atoms with E-state index in [1.54, 1.807) is 34.1 Å². The van der Waals surface area contributed by atoms with Gasteiger partial charge in [0, 0.05) is 12.2 Å². The fourth-order valence-corrected chi connectivity index (χ4v) is 7.95. The summed E-state index contributed by atoms with van der Waals surface area (Å²) in [6, 6.07) is 24.1. The molecular formula is C33H33N3O4. The van der Waals surface area contributed by atoms with E-state index in [-0.39, 0.29) is 0 Å². The van der Waals surface area contributed by atoms with Crippen LogP contribution in [0, 0.1) is 29.6 Å². The minimum atomic E-state index is -1.43. The molecule has 4 saturated carbocycles. The largest absolute Gasteiger partial charge is 0.413 e. The Bertz CT molecular complexity index is 1400. The van der Waals surface area contributed by atoms with Crippen molar-refractivity contribution < 1.29 is 19.1 Å². The Labute approximate surface area is 234 Å². The zero-order chi connectivity index (χ0) is 27.2. The number of para-hydroxylation sites is 4. The highest BCUT2D eigenvalue weighted by Gasteiger charge is 2.50. The molecule has 4 bridgehead atoms. The molecule has 1 atom stereocenters. The van der Waals surface area contributed by atoms with Gasteiger partial charge in [-0.1, -0.05) is 48.5 Å². The van der Waals surface area contributed by atoms with Gasteiger partial charge in [-0.2, -0.15) is 0 Å². The van der Waals surface area contributed by atoms with Crippen LogP contribution in [0.2, 0.25) is 0 Å². The molecule has 0 aromatic heterocycles. The van der Waals surface area contributed by atoms with Gasteiger partial charge in [0.2, 0.25) is 0 Å². The molecule has 1 N–H and O–H groups in total. The van der Waals surface area contributed by atoms with Gasteiger partial charge in [0.05, 0.1) is 11.4 Å². The number of anilines is 3. The van der Waals surface area contributed by atoms with Crippen molar-refractivity contribution >= 4 is 35.0 Å². The zero-order valence-electron chi connectivity index (χ0n) is 22.3. The summed E-state index contributed by atoms with van der Waals surface area (Å²) in [5.41, 5.74) is 1.96. The first-order valence-corrected chi connectivity index (χ1v) is 14.4. The molecule has 4 fully saturated rings. The molecule has 3 amide bonds. The third-order valence-electron chi connectivity index (χ3n) is 9.44. The Kier molecular flexibility index (Phi) is 6.29. The van der Waals surface area contributed by atoms with Gasteiger partial charge in [0.15, 0.2) is 6.04 Å². The molecule has 7 nitrogen and oxygen atoms in total. The van der Waals surface area contributed by atoms with Gasteiger partial charge < -0.3 is 15.0 Å². The second-order valence-corrected chi connectivity index (χ2v) is 11.8. The Hall–Kier alpha value is -4.13. The molecule has 1 unspecified atom stereocenters. The van der Waals surface area contributed by atoms with E-state index in [1.165, 1.54) is 32.1 Å². The average molecular weight is 536 g/mol. The van der Waals surface area contributed by atoms with Crippen LogP contribution in [0.3, 0.4) is 0 Å². The fourth-order valence-electron chi connectivity index (χ4n) is 7.95. The molecule has 3 aromatic rings. The van der Waals surface area contributed by atoms with Crippen LogP contribution in [0.5, 0.6) is 5.75 Å². The van der Waals surface area contributed by atoms with Crippen LogP contribution >= 0.6 is 0 Å². The van der Waals surface area contributed by atoms with E-state index >= 15 is 0 Å². The Morgan fingerprint density at radius 1 is 0.725 bits per heavy atom. The summed E-state index contributed by atoms with van der Waals surface area (Å²) in [4.78, 5) is 44.9. The molecule has 3 aromatic carbocycles. The lowest BCUT2D eigenvalue weighted by molar-refractivity contribution is -0.129. The summed E-state index contributed by atoms with van der Waals surface area (Å²) >= 11 is 0. The third kappa shape index (κ3) is 4.43. The van der Waals surface area contributed by atoms with Crippen LogP contribution in [0.15, 0.2) is 84.9 Å². The van der Waals surface area contributed by atoms with Crippen molar-refractivity contribution in [3.63, 3.8) is 0 Å². The SMILES string of the molecule is O=C(NC1C(=O)N(CC2C3CC4CC(C3)CC2C4)c2ccccc2N(c2ccccc2)C1=O)Oc1ccccc1. The van der Waals surface area contributed by atoms with E-state index in [4.69, 9.17) is 4.74 Å². The molecule has 0 saturated heterocycles. The monoisotopic (exact) mass is 535 g/mol. The van der Waals surface area contributed by atoms with E-state index < -0.39 is 23.9 Å². The molecule has 0 spiro atoms. The summed E-state index contributed by atoms with van der Waals surface area (Å²) < 4.78 is 5.44. The first kappa shape index (κ1) is 24.9. The van der Waals surface area contributed by atoms with Crippen LogP contribution < -0.4 is 19.9 Å². The first-order valence-electron chi connectivity index (χ1n) is 14.4. The van der Waals surface area contributed by atoms with Crippen LogP contribution in [0.4, 0.5) is 21.9 Å². The van der Waals surface area contributed by atoms with Crippen molar-refractivity contribution in [2.24, 2.45) is 29.6 Å². The van der Waals surface area contributed by atoms with E-state index in [0.717, 1.165) is 11.8 Å². The fraction of sp³-hybridized carbons (Fsp3) is 0.364. The lowest BCUT2D eigenvalue weighted by atomic mass is 9.52. The number of carbonyl (C=O) groups excluding carboxylic acids is 3. The van der Waals surface area contributed by atoms with Crippen molar-refractivity contribution in [2.75, 3.05) is 16.3 Å². The summed E-state index contributed by atoms with van der Waals surface area (Å²) in [5.74, 6) is 2.65. The summed E-state index contributed by atoms with van der Waals surface area (Å²) in [5, 5.41) is 2.63. The molecule has 5 aliphatic rings. The molecule has 0 radical (unpaired) electrons. The molecule has 7 heteroatoms. The molecule has 1 heterocycles. The van der Waals surface area contributed by atoms with E-state index in [2.05, 4.69) is 5.32 Å². The van der Waals surface area contributed by atoms with Gasteiger partial charge in [-0.05, 0) is 98.1 Å². The minimum Gasteiger partial charge on any atom is -0.410 e. The Morgan fingerprint density at radius 3 is 1.95 bits per heavy atom. The smallest absolute Gasteiger partial charge is 0.410 e. The maximum absolute atomic E-state index is 14.4. The van der Waals surface area contributed by atoms with Gasteiger partial charge in [0.1, 0.15) is 5.75 Å². The second kappa shape index (κ2) is 10.1. The van der Waals surface area contributed by atoms with Crippen LogP contribution in [-0.2, 0) is 9.59 Å². The van der Waals surface area contributed by atoms with Crippen molar-refractivity contribution in [3.8, 4) is 5.75 Å². The molecule has 204 valence electrons. The van der Waals surface area contributed by atoms with Gasteiger partial charge >= 0.3 is 6.09 Å². The van der Waals surface area contributed by atoms with Gasteiger partial charge in [-0.15, -0.1) is 0 Å². The van der Waals surface area contributed by atoms with E-state index in [9.17, 15) is 14.4 Å². The molecule has 4 aliphatic carbocycles. The third-order valence-corrected chi connectivity index (χ3v) is 9.44. The minimum absolute atomic E-state index is 0.335. The van der Waals surface area contributed by atoms with E-state index in [0.29, 0.717) is 47.1 Å². The standard InChI is InChI=1S/C33H33N3O4/c37-31-30(34-33(39)40-26-11-5-2-6-12-26)32(38)36(25-9-3-1-4-10-25)29-14-8-7-13-28(29)35(31)20-27-23-16-21-15-22(18-23)19-24(27)17-21/h1-14,21-24,27,30H,15-20H2,(H,34,39). The maximum Gasteiger partial charge on any atom is 0.413 e. The zero-order valence-corrected chi connectivity index (χ0v) is 22.3. The first-order chi connectivity index (χ1) is 19.5. The van der Waals surface area contributed by atoms with Crippen LogP contribution in [-0.4, -0.2) is 30.5 Å². The highest BCUT2D eigenvalue weighted by Crippen LogP contribution is 2.57. The predicted molar refractivity (Wildman–Crippen MR) is 152 cm³/mol. The van der Waals surface area contributed by atoms with Crippen LogP contribution in [0.1, 0.15) is 32.1 Å². The number of rotatable bonds is 5. The number of nitrogens with zero attached hydrogens (tertiary/aromatic N) is 2. The lowest BCUT2D eigenvalue weighted by Crippen LogP contribution is -2.57. The van der Waals surface area contributed by atoms with E-state index in [1.807, 2.05) is 60.7 Å². The average Bonchev–Trinajstić information content (AvgIpc) is 3.04. The van der Waals surface area contributed by atoms with Crippen molar-refractivity contribution in [1.29, 1.82) is 0 Å². The molecule has 8 rings (SSSR count). The quantitative estimate of drug-likeness (QED) is 0.411. The Balaban J connectivity index is 1.26. The number of amides is 3. The molecule has 40 heavy (non-hydrogen) atoms. The Morgan fingerprint density at radius 2 is 1.30 bits per heavy atom. The second-order valence-electron chi connectivity index (χ2n) is 11.8. The number of carbonyl (C=O) groups is 3. The highest BCUT2D eigenvalue weighted by atomic mass is 16.6. The molecular weight excluding hydrogens is 502 g/mol. The van der Waals surface area contributed by atoms with Gasteiger partial charge in [0.25, 0.3) is 11.8 Å². The van der Waals surface area contributed by atoms with Crippen LogP contribution in [0.25, 0.3) is 0 Å². The predicted octanol–water partition coefficient (Wildman–Crippen LogP) is 5.93. The van der Waals surface area contributed by atoms with Crippen molar-refractivity contribution in [2.45, 2.75) is 38.1 Å². The van der Waals surface area contributed by atoms with Gasteiger partial charge in [-0.25, -0.2) is 4.79 Å². The summed E-state index contributed by atoms with van der Waals surface area (Å²) in [6.07, 6.45) is 5.47. The summed E-state index contributed by atoms with van der Waals surface area (Å²) in [6.45, 7) is 0.548. The van der Waals surface area contributed by atoms with Crippen molar-refractivity contribution in [3.05, 3.63) is 84.9 Å². The molecule has 1 aliphatic heterocycles. The topological polar surface area (TPSA) is 79.0 Å². The number of hydrogen-bond acceptors (Lipinski definition) is 4. The lowest BCUT2D eigenvalue weighted by Gasteiger charge is -2.55. The van der Waals surface area contributed by atoms with Gasteiger partial charge in [-0.3, -0.25) is 14.5 Å².